The molecule has 2 amide bonds. The molecule has 0 aliphatic heterocycles. The van der Waals surface area contributed by atoms with E-state index in [0.717, 1.165) is 32.7 Å². The number of ether oxygens (including phenoxy) is 2. The molecule has 0 heterocycles. The van der Waals surface area contributed by atoms with Crippen molar-refractivity contribution in [1.82, 2.24) is 10.2 Å². The van der Waals surface area contributed by atoms with Crippen molar-refractivity contribution in [3.8, 4) is 11.5 Å². The number of nitrogens with one attached hydrogen (secondary N) is 1. The number of halogens is 2. The number of sulfonamides is 1. The van der Waals surface area contributed by atoms with Crippen LogP contribution in [0, 0.1) is 0 Å². The van der Waals surface area contributed by atoms with Crippen LogP contribution in [0.2, 0.25) is 5.02 Å². The van der Waals surface area contributed by atoms with Gasteiger partial charge in [-0.05, 0) is 66.1 Å². The van der Waals surface area contributed by atoms with E-state index in [1.807, 2.05) is 61.5 Å². The molecule has 9 nitrogen and oxygen atoms in total. The molecule has 0 saturated heterocycles. The van der Waals surface area contributed by atoms with Crippen molar-refractivity contribution in [2.75, 3.05) is 31.6 Å². The molecule has 4 aromatic rings. The van der Waals surface area contributed by atoms with Gasteiger partial charge in [-0.15, -0.1) is 0 Å². The minimum Gasteiger partial charge on any atom is -0.493 e. The second-order valence-corrected chi connectivity index (χ2v) is 14.2. The zero-order valence-corrected chi connectivity index (χ0v) is 30.2. The summed E-state index contributed by atoms with van der Waals surface area (Å²) in [4.78, 5) is 29.8. The fourth-order valence-corrected chi connectivity index (χ4v) is 6.91. The lowest BCUT2D eigenvalue weighted by atomic mass is 10.0. The van der Waals surface area contributed by atoms with E-state index in [4.69, 9.17) is 21.1 Å². The standard InChI is InChI=1S/C36H39BrClN3O6S/c1-4-5-21-39-36(43)32(22-26-9-7-6-8-10-26)40(24-27-11-13-28(37)14-12-27)35(42)25-41(30-17-15-29(38)16-18-30)48(44,45)31-19-20-33(46-2)34(23-31)47-3/h6-20,23,32H,4-5,21-22,24-25H2,1-3H3,(H,39,43). The van der Waals surface area contributed by atoms with Crippen molar-refractivity contribution in [2.45, 2.75) is 43.7 Å². The van der Waals surface area contributed by atoms with E-state index in [1.54, 1.807) is 12.1 Å². The van der Waals surface area contributed by atoms with Gasteiger partial charge in [0.25, 0.3) is 10.0 Å². The fourth-order valence-electron chi connectivity index (χ4n) is 5.09. The highest BCUT2D eigenvalue weighted by molar-refractivity contribution is 9.10. The minimum atomic E-state index is -4.35. The van der Waals surface area contributed by atoms with Gasteiger partial charge in [0, 0.05) is 35.1 Å². The smallest absolute Gasteiger partial charge is 0.264 e. The number of carbonyl (C=O) groups excluding carboxylic acids is 2. The number of anilines is 1. The number of carbonyl (C=O) groups is 2. The van der Waals surface area contributed by atoms with E-state index in [-0.39, 0.29) is 35.2 Å². The van der Waals surface area contributed by atoms with Crippen molar-refractivity contribution in [3.05, 3.63) is 118 Å². The molecular formula is C36H39BrClN3O6S. The molecule has 0 aliphatic carbocycles. The Morgan fingerprint density at radius 3 is 2.17 bits per heavy atom. The monoisotopic (exact) mass is 755 g/mol. The van der Waals surface area contributed by atoms with E-state index in [1.165, 1.54) is 49.5 Å². The van der Waals surface area contributed by atoms with Crippen LogP contribution in [0.15, 0.2) is 106 Å². The number of nitrogens with zero attached hydrogens (tertiary/aromatic N) is 2. The first kappa shape index (κ1) is 36.8. The Balaban J connectivity index is 1.80. The second kappa shape index (κ2) is 17.4. The van der Waals surface area contributed by atoms with Crippen molar-refractivity contribution < 1.29 is 27.5 Å². The number of hydrogen-bond donors (Lipinski definition) is 1. The van der Waals surface area contributed by atoms with Crippen LogP contribution in [-0.4, -0.2) is 58.5 Å². The van der Waals surface area contributed by atoms with Crippen LogP contribution in [0.25, 0.3) is 0 Å². The van der Waals surface area contributed by atoms with Gasteiger partial charge < -0.3 is 19.7 Å². The molecule has 4 aromatic carbocycles. The SMILES string of the molecule is CCCCNC(=O)C(Cc1ccccc1)N(Cc1ccc(Br)cc1)C(=O)CN(c1ccc(Cl)cc1)S(=O)(=O)c1ccc(OC)c(OC)c1. The minimum absolute atomic E-state index is 0.0652. The number of benzene rings is 4. The molecule has 0 radical (unpaired) electrons. The Morgan fingerprint density at radius 1 is 0.875 bits per heavy atom. The average Bonchev–Trinajstić information content (AvgIpc) is 3.10. The summed E-state index contributed by atoms with van der Waals surface area (Å²) >= 11 is 9.62. The van der Waals surface area contributed by atoms with Gasteiger partial charge in [0.15, 0.2) is 11.5 Å². The predicted molar refractivity (Wildman–Crippen MR) is 192 cm³/mol. The summed E-state index contributed by atoms with van der Waals surface area (Å²) in [7, 11) is -1.49. The maximum absolute atomic E-state index is 14.6. The van der Waals surface area contributed by atoms with Gasteiger partial charge in [-0.2, -0.15) is 0 Å². The van der Waals surface area contributed by atoms with E-state index in [9.17, 15) is 18.0 Å². The lowest BCUT2D eigenvalue weighted by molar-refractivity contribution is -0.140. The molecule has 0 bridgehead atoms. The molecule has 1 unspecified atom stereocenters. The third kappa shape index (κ3) is 9.52. The second-order valence-electron chi connectivity index (χ2n) is 11.0. The van der Waals surface area contributed by atoms with Crippen molar-refractivity contribution in [1.29, 1.82) is 0 Å². The Labute approximate surface area is 296 Å². The number of hydrogen-bond acceptors (Lipinski definition) is 6. The number of rotatable bonds is 16. The summed E-state index contributed by atoms with van der Waals surface area (Å²) in [5, 5.41) is 3.39. The lowest BCUT2D eigenvalue weighted by Crippen LogP contribution is -2.53. The third-order valence-corrected chi connectivity index (χ3v) is 10.3. The number of amides is 2. The Morgan fingerprint density at radius 2 is 1.54 bits per heavy atom. The van der Waals surface area contributed by atoms with Gasteiger partial charge in [0.05, 0.1) is 24.8 Å². The van der Waals surface area contributed by atoms with Gasteiger partial charge >= 0.3 is 0 Å². The summed E-state index contributed by atoms with van der Waals surface area (Å²) in [6, 6.07) is 26.3. The highest BCUT2D eigenvalue weighted by atomic mass is 79.9. The maximum atomic E-state index is 14.6. The average molecular weight is 757 g/mol. The molecular weight excluding hydrogens is 718 g/mol. The van der Waals surface area contributed by atoms with E-state index in [0.29, 0.717) is 17.3 Å². The first-order valence-corrected chi connectivity index (χ1v) is 18.0. The zero-order chi connectivity index (χ0) is 34.7. The lowest BCUT2D eigenvalue weighted by Gasteiger charge is -2.34. The van der Waals surface area contributed by atoms with Crippen molar-refractivity contribution in [2.24, 2.45) is 0 Å². The van der Waals surface area contributed by atoms with E-state index in [2.05, 4.69) is 21.2 Å². The zero-order valence-electron chi connectivity index (χ0n) is 27.1. The molecule has 0 fully saturated rings. The van der Waals surface area contributed by atoms with Crippen LogP contribution in [0.4, 0.5) is 5.69 Å². The molecule has 1 atom stereocenters. The highest BCUT2D eigenvalue weighted by Gasteiger charge is 2.35. The molecule has 254 valence electrons. The fraction of sp³-hybridized carbons (Fsp3) is 0.278. The van der Waals surface area contributed by atoms with Gasteiger partial charge in [0.1, 0.15) is 12.6 Å². The molecule has 0 spiro atoms. The highest BCUT2D eigenvalue weighted by Crippen LogP contribution is 2.33. The Bertz CT molecular complexity index is 1770. The van der Waals surface area contributed by atoms with Gasteiger partial charge in [-0.1, -0.05) is 83.3 Å². The Hall–Kier alpha value is -4.06. The molecule has 4 rings (SSSR count). The largest absolute Gasteiger partial charge is 0.493 e. The van der Waals surface area contributed by atoms with Crippen LogP contribution < -0.4 is 19.1 Å². The van der Waals surface area contributed by atoms with Gasteiger partial charge in [-0.3, -0.25) is 13.9 Å². The van der Waals surface area contributed by atoms with Crippen LogP contribution in [0.1, 0.15) is 30.9 Å². The third-order valence-electron chi connectivity index (χ3n) is 7.70. The summed E-state index contributed by atoms with van der Waals surface area (Å²) in [6.07, 6.45) is 1.89. The van der Waals surface area contributed by atoms with E-state index < -0.39 is 28.5 Å². The molecule has 48 heavy (non-hydrogen) atoms. The Kier molecular flexibility index (Phi) is 13.3. The molecule has 0 saturated carbocycles. The first-order chi connectivity index (χ1) is 23.1. The predicted octanol–water partition coefficient (Wildman–Crippen LogP) is 6.87. The first-order valence-electron chi connectivity index (χ1n) is 15.4. The van der Waals surface area contributed by atoms with Crippen molar-refractivity contribution >= 4 is 55.1 Å². The normalized spacial score (nSPS) is 11.8. The topological polar surface area (TPSA) is 105 Å². The molecule has 0 aromatic heterocycles. The summed E-state index contributed by atoms with van der Waals surface area (Å²) in [6.45, 7) is 1.95. The quantitative estimate of drug-likeness (QED) is 0.125. The van der Waals surface area contributed by atoms with Gasteiger partial charge in [0.2, 0.25) is 11.8 Å². The van der Waals surface area contributed by atoms with Crippen molar-refractivity contribution in [3.63, 3.8) is 0 Å². The molecule has 0 aliphatic rings. The summed E-state index contributed by atoms with van der Waals surface area (Å²) in [5.41, 5.74) is 1.85. The number of unbranched alkanes of at least 4 members (excludes halogenated alkanes) is 1. The van der Waals surface area contributed by atoms with E-state index >= 15 is 0 Å². The van der Waals surface area contributed by atoms with Crippen LogP contribution in [0.3, 0.4) is 0 Å². The van der Waals surface area contributed by atoms with Crippen LogP contribution in [0.5, 0.6) is 11.5 Å². The molecule has 1 N–H and O–H groups in total. The summed E-state index contributed by atoms with van der Waals surface area (Å²) < 4.78 is 41.3. The van der Waals surface area contributed by atoms with Crippen LogP contribution in [-0.2, 0) is 32.6 Å². The molecule has 12 heteroatoms. The summed E-state index contributed by atoms with van der Waals surface area (Å²) in [5.74, 6) is -0.323. The van der Waals surface area contributed by atoms with Crippen LogP contribution >= 0.6 is 27.5 Å². The number of methoxy groups -OCH3 is 2. The maximum Gasteiger partial charge on any atom is 0.264 e. The van der Waals surface area contributed by atoms with Gasteiger partial charge in [-0.25, -0.2) is 8.42 Å².